The SMILES string of the molecule is CC(Oc1cccc(C(C)C)c1)C(=O)NC(c1ccccc1)c1ccncc1. The molecule has 0 aliphatic rings. The number of rotatable bonds is 7. The van der Waals surface area contributed by atoms with Crippen LogP contribution in [0.15, 0.2) is 79.1 Å². The van der Waals surface area contributed by atoms with E-state index < -0.39 is 6.10 Å². The number of ether oxygens (including phenoxy) is 1. The second-order valence-corrected chi connectivity index (χ2v) is 7.12. The minimum absolute atomic E-state index is 0.166. The van der Waals surface area contributed by atoms with Crippen molar-refractivity contribution in [3.05, 3.63) is 95.8 Å². The number of hydrogen-bond acceptors (Lipinski definition) is 3. The normalized spacial score (nSPS) is 13.0. The number of hydrogen-bond donors (Lipinski definition) is 1. The Morgan fingerprint density at radius 1 is 0.857 bits per heavy atom. The maximum Gasteiger partial charge on any atom is 0.261 e. The molecule has 1 amide bonds. The van der Waals surface area contributed by atoms with Gasteiger partial charge in [0, 0.05) is 12.4 Å². The maximum absolute atomic E-state index is 12.9. The van der Waals surface area contributed by atoms with Crippen LogP contribution in [0.5, 0.6) is 5.75 Å². The van der Waals surface area contributed by atoms with Gasteiger partial charge in [0.1, 0.15) is 5.75 Å². The number of aromatic nitrogens is 1. The highest BCUT2D eigenvalue weighted by atomic mass is 16.5. The summed E-state index contributed by atoms with van der Waals surface area (Å²) in [5.41, 5.74) is 3.17. The Morgan fingerprint density at radius 3 is 2.18 bits per heavy atom. The van der Waals surface area contributed by atoms with Gasteiger partial charge >= 0.3 is 0 Å². The van der Waals surface area contributed by atoms with Crippen LogP contribution in [0, 0.1) is 0 Å². The number of nitrogens with one attached hydrogen (secondary N) is 1. The molecular formula is C24H26N2O2. The van der Waals surface area contributed by atoms with Gasteiger partial charge in [-0.2, -0.15) is 0 Å². The molecule has 4 heteroatoms. The van der Waals surface area contributed by atoms with Gasteiger partial charge in [0.2, 0.25) is 0 Å². The first-order chi connectivity index (χ1) is 13.5. The lowest BCUT2D eigenvalue weighted by Crippen LogP contribution is -2.39. The van der Waals surface area contributed by atoms with Gasteiger partial charge in [-0.05, 0) is 53.8 Å². The fourth-order valence-electron chi connectivity index (χ4n) is 3.02. The molecule has 0 bridgehead atoms. The Kier molecular flexibility index (Phi) is 6.43. The first-order valence-corrected chi connectivity index (χ1v) is 9.56. The molecule has 0 radical (unpaired) electrons. The zero-order valence-electron chi connectivity index (χ0n) is 16.5. The van der Waals surface area contributed by atoms with Gasteiger partial charge < -0.3 is 10.1 Å². The third-order valence-electron chi connectivity index (χ3n) is 4.67. The summed E-state index contributed by atoms with van der Waals surface area (Å²) in [4.78, 5) is 16.9. The fraction of sp³-hybridized carbons (Fsp3) is 0.250. The predicted molar refractivity (Wildman–Crippen MR) is 111 cm³/mol. The standard InChI is InChI=1S/C24H26N2O2/c1-17(2)21-10-7-11-22(16-21)28-18(3)24(27)26-23(19-8-5-4-6-9-19)20-12-14-25-15-13-20/h4-18,23H,1-3H3,(H,26,27). The van der Waals surface area contributed by atoms with Crippen molar-refractivity contribution in [2.24, 2.45) is 0 Å². The molecule has 2 atom stereocenters. The van der Waals surface area contributed by atoms with Crippen molar-refractivity contribution in [2.45, 2.75) is 38.8 Å². The van der Waals surface area contributed by atoms with Crippen molar-refractivity contribution in [1.29, 1.82) is 0 Å². The molecular weight excluding hydrogens is 348 g/mol. The lowest BCUT2D eigenvalue weighted by atomic mass is 9.99. The summed E-state index contributed by atoms with van der Waals surface area (Å²) >= 11 is 0. The second kappa shape index (κ2) is 9.18. The Morgan fingerprint density at radius 2 is 1.50 bits per heavy atom. The average molecular weight is 374 g/mol. The van der Waals surface area contributed by atoms with Crippen LogP contribution < -0.4 is 10.1 Å². The summed E-state index contributed by atoms with van der Waals surface area (Å²) in [7, 11) is 0. The van der Waals surface area contributed by atoms with Crippen LogP contribution in [-0.4, -0.2) is 17.0 Å². The monoisotopic (exact) mass is 374 g/mol. The van der Waals surface area contributed by atoms with Gasteiger partial charge in [0.15, 0.2) is 6.10 Å². The van der Waals surface area contributed by atoms with E-state index in [1.165, 1.54) is 5.56 Å². The first kappa shape index (κ1) is 19.6. The van der Waals surface area contributed by atoms with Gasteiger partial charge in [-0.15, -0.1) is 0 Å². The van der Waals surface area contributed by atoms with E-state index in [1.54, 1.807) is 19.3 Å². The van der Waals surface area contributed by atoms with Crippen LogP contribution in [-0.2, 0) is 4.79 Å². The third kappa shape index (κ3) is 4.97. The molecule has 0 aliphatic carbocycles. The van der Waals surface area contributed by atoms with E-state index in [0.29, 0.717) is 11.7 Å². The Hall–Kier alpha value is -3.14. The first-order valence-electron chi connectivity index (χ1n) is 9.56. The summed E-state index contributed by atoms with van der Waals surface area (Å²) in [5.74, 6) is 0.941. The fourth-order valence-corrected chi connectivity index (χ4v) is 3.02. The van der Waals surface area contributed by atoms with Crippen LogP contribution in [0.2, 0.25) is 0 Å². The van der Waals surface area contributed by atoms with E-state index >= 15 is 0 Å². The van der Waals surface area contributed by atoms with Crippen molar-refractivity contribution in [3.63, 3.8) is 0 Å². The van der Waals surface area contributed by atoms with E-state index in [1.807, 2.05) is 60.7 Å². The highest BCUT2D eigenvalue weighted by molar-refractivity contribution is 5.81. The zero-order valence-corrected chi connectivity index (χ0v) is 16.5. The smallest absolute Gasteiger partial charge is 0.261 e. The molecule has 0 saturated heterocycles. The molecule has 3 rings (SSSR count). The summed E-state index contributed by atoms with van der Waals surface area (Å²) in [6, 6.07) is 21.4. The quantitative estimate of drug-likeness (QED) is 0.641. The lowest BCUT2D eigenvalue weighted by molar-refractivity contribution is -0.127. The molecule has 0 fully saturated rings. The van der Waals surface area contributed by atoms with Gasteiger partial charge in [-0.25, -0.2) is 0 Å². The molecule has 1 N–H and O–H groups in total. The number of amides is 1. The van der Waals surface area contributed by atoms with Crippen LogP contribution in [0.3, 0.4) is 0 Å². The largest absolute Gasteiger partial charge is 0.481 e. The number of pyridine rings is 1. The molecule has 0 aliphatic heterocycles. The van der Waals surface area contributed by atoms with E-state index in [0.717, 1.165) is 11.1 Å². The third-order valence-corrected chi connectivity index (χ3v) is 4.67. The molecule has 1 heterocycles. The topological polar surface area (TPSA) is 51.2 Å². The molecule has 2 unspecified atom stereocenters. The molecule has 4 nitrogen and oxygen atoms in total. The van der Waals surface area contributed by atoms with Crippen molar-refractivity contribution >= 4 is 5.91 Å². The summed E-state index contributed by atoms with van der Waals surface area (Å²) in [6.45, 7) is 6.04. The van der Waals surface area contributed by atoms with Crippen molar-refractivity contribution in [3.8, 4) is 5.75 Å². The lowest BCUT2D eigenvalue weighted by Gasteiger charge is -2.22. The van der Waals surface area contributed by atoms with Crippen LogP contribution in [0.4, 0.5) is 0 Å². The van der Waals surface area contributed by atoms with E-state index in [2.05, 4.69) is 30.2 Å². The molecule has 3 aromatic rings. The number of benzene rings is 2. The average Bonchev–Trinajstić information content (AvgIpc) is 2.73. The number of carbonyl (C=O) groups is 1. The van der Waals surface area contributed by atoms with Gasteiger partial charge in [0.25, 0.3) is 5.91 Å². The van der Waals surface area contributed by atoms with Gasteiger partial charge in [0.05, 0.1) is 6.04 Å². The maximum atomic E-state index is 12.9. The highest BCUT2D eigenvalue weighted by Gasteiger charge is 2.21. The van der Waals surface area contributed by atoms with E-state index in [-0.39, 0.29) is 11.9 Å². The number of carbonyl (C=O) groups excluding carboxylic acids is 1. The van der Waals surface area contributed by atoms with Crippen molar-refractivity contribution in [1.82, 2.24) is 10.3 Å². The zero-order chi connectivity index (χ0) is 19.9. The molecule has 144 valence electrons. The van der Waals surface area contributed by atoms with Gasteiger partial charge in [-0.1, -0.05) is 56.3 Å². The Bertz CT molecular complexity index is 855. The summed E-state index contributed by atoms with van der Waals surface area (Å²) in [5, 5.41) is 3.12. The molecule has 1 aromatic heterocycles. The Balaban J connectivity index is 1.75. The molecule has 2 aromatic carbocycles. The molecule has 28 heavy (non-hydrogen) atoms. The second-order valence-electron chi connectivity index (χ2n) is 7.12. The van der Waals surface area contributed by atoms with E-state index in [4.69, 9.17) is 4.74 Å². The van der Waals surface area contributed by atoms with Crippen LogP contribution in [0.25, 0.3) is 0 Å². The number of nitrogens with zero attached hydrogens (tertiary/aromatic N) is 1. The predicted octanol–water partition coefficient (Wildman–Crippen LogP) is 4.88. The summed E-state index contributed by atoms with van der Waals surface area (Å²) < 4.78 is 5.92. The molecule has 0 saturated carbocycles. The highest BCUT2D eigenvalue weighted by Crippen LogP contribution is 2.23. The van der Waals surface area contributed by atoms with Crippen molar-refractivity contribution in [2.75, 3.05) is 0 Å². The van der Waals surface area contributed by atoms with E-state index in [9.17, 15) is 4.79 Å². The Labute approximate surface area is 166 Å². The van der Waals surface area contributed by atoms with Crippen molar-refractivity contribution < 1.29 is 9.53 Å². The summed E-state index contributed by atoms with van der Waals surface area (Å²) in [6.07, 6.45) is 2.85. The van der Waals surface area contributed by atoms with Gasteiger partial charge in [-0.3, -0.25) is 9.78 Å². The van der Waals surface area contributed by atoms with Crippen LogP contribution >= 0.6 is 0 Å². The minimum atomic E-state index is -0.615. The van der Waals surface area contributed by atoms with Crippen LogP contribution in [0.1, 0.15) is 49.4 Å². The minimum Gasteiger partial charge on any atom is -0.481 e. The molecule has 0 spiro atoms.